The fourth-order valence-electron chi connectivity index (χ4n) is 2.20. The van der Waals surface area contributed by atoms with Gasteiger partial charge in [0, 0.05) is 12.1 Å². The largest absolute Gasteiger partial charge is 0.352 e. The lowest BCUT2D eigenvalue weighted by atomic mass is 10.1. The van der Waals surface area contributed by atoms with Crippen LogP contribution in [0, 0.1) is 5.82 Å². The van der Waals surface area contributed by atoms with Crippen LogP contribution in [0.4, 0.5) is 4.39 Å². The van der Waals surface area contributed by atoms with Gasteiger partial charge in [-0.3, -0.25) is 4.79 Å². The normalized spacial score (nSPS) is 11.3. The van der Waals surface area contributed by atoms with Crippen molar-refractivity contribution >= 4 is 19.2 Å². The van der Waals surface area contributed by atoms with Crippen LogP contribution in [-0.2, 0) is 6.42 Å². The lowest BCUT2D eigenvalue weighted by molar-refractivity contribution is 0.0954. The Labute approximate surface area is 132 Å². The molecule has 0 fully saturated rings. The van der Waals surface area contributed by atoms with Gasteiger partial charge in [-0.25, -0.2) is 4.39 Å². The van der Waals surface area contributed by atoms with Gasteiger partial charge in [0.05, 0.1) is 8.07 Å². The van der Waals surface area contributed by atoms with Crippen molar-refractivity contribution in [3.63, 3.8) is 0 Å². The van der Waals surface area contributed by atoms with Gasteiger partial charge in [0.1, 0.15) is 5.82 Å². The summed E-state index contributed by atoms with van der Waals surface area (Å²) in [5.74, 6) is -0.306. The number of amides is 1. The van der Waals surface area contributed by atoms with Gasteiger partial charge in [-0.1, -0.05) is 49.1 Å². The van der Waals surface area contributed by atoms with E-state index in [1.807, 2.05) is 12.1 Å². The summed E-state index contributed by atoms with van der Waals surface area (Å²) in [5, 5.41) is 4.24. The Hall–Kier alpha value is -1.94. The molecular weight excluding hydrogens is 293 g/mol. The zero-order chi connectivity index (χ0) is 16.2. The van der Waals surface area contributed by atoms with Gasteiger partial charge in [0.15, 0.2) is 0 Å². The highest BCUT2D eigenvalue weighted by Gasteiger charge is 2.16. The molecule has 0 saturated heterocycles. The molecule has 0 saturated carbocycles. The molecule has 1 N–H and O–H groups in total. The smallest absolute Gasteiger partial charge is 0.251 e. The van der Waals surface area contributed by atoms with Gasteiger partial charge in [-0.15, -0.1) is 0 Å². The lowest BCUT2D eigenvalue weighted by Gasteiger charge is -2.16. The first-order chi connectivity index (χ1) is 10.4. The summed E-state index contributed by atoms with van der Waals surface area (Å²) in [7, 11) is -1.33. The number of hydrogen-bond donors (Lipinski definition) is 1. The standard InChI is InChI=1S/C18H22FNOSi/c1-22(2,3)17-10-6-15(7-11-17)18(21)20-13-12-14-4-8-16(19)9-5-14/h4-11H,12-13H2,1-3H3,(H,20,21). The quantitative estimate of drug-likeness (QED) is 0.842. The van der Waals surface area contributed by atoms with Crippen LogP contribution in [0.5, 0.6) is 0 Å². The predicted molar refractivity (Wildman–Crippen MR) is 91.9 cm³/mol. The Morgan fingerprint density at radius 1 is 1.00 bits per heavy atom. The second-order valence-electron chi connectivity index (χ2n) is 6.46. The van der Waals surface area contributed by atoms with Crippen molar-refractivity contribution in [3.05, 3.63) is 65.5 Å². The Balaban J connectivity index is 1.88. The highest BCUT2D eigenvalue weighted by Crippen LogP contribution is 2.05. The molecule has 0 spiro atoms. The van der Waals surface area contributed by atoms with E-state index in [-0.39, 0.29) is 11.7 Å². The Morgan fingerprint density at radius 3 is 2.14 bits per heavy atom. The zero-order valence-corrected chi connectivity index (χ0v) is 14.3. The molecule has 2 rings (SSSR count). The number of nitrogens with one attached hydrogen (secondary N) is 1. The highest BCUT2D eigenvalue weighted by atomic mass is 28.3. The van der Waals surface area contributed by atoms with Crippen molar-refractivity contribution in [1.29, 1.82) is 0 Å². The van der Waals surface area contributed by atoms with Crippen LogP contribution in [0.2, 0.25) is 19.6 Å². The van der Waals surface area contributed by atoms with Gasteiger partial charge in [-0.05, 0) is 36.2 Å². The van der Waals surface area contributed by atoms with Crippen molar-refractivity contribution in [3.8, 4) is 0 Å². The lowest BCUT2D eigenvalue weighted by Crippen LogP contribution is -2.37. The van der Waals surface area contributed by atoms with E-state index in [2.05, 4.69) is 37.1 Å². The van der Waals surface area contributed by atoms with Crippen molar-refractivity contribution < 1.29 is 9.18 Å². The van der Waals surface area contributed by atoms with Crippen molar-refractivity contribution in [2.24, 2.45) is 0 Å². The summed E-state index contributed by atoms with van der Waals surface area (Å²) in [6.45, 7) is 7.39. The fraction of sp³-hybridized carbons (Fsp3) is 0.278. The monoisotopic (exact) mass is 315 g/mol. The van der Waals surface area contributed by atoms with E-state index >= 15 is 0 Å². The molecule has 0 radical (unpaired) electrons. The van der Waals surface area contributed by atoms with Crippen LogP contribution in [0.3, 0.4) is 0 Å². The SMILES string of the molecule is C[Si](C)(C)c1ccc(C(=O)NCCc2ccc(F)cc2)cc1. The van der Waals surface area contributed by atoms with Crippen LogP contribution in [0.25, 0.3) is 0 Å². The molecule has 2 aromatic carbocycles. The number of rotatable bonds is 5. The van der Waals surface area contributed by atoms with Crippen molar-refractivity contribution in [2.75, 3.05) is 6.54 Å². The minimum Gasteiger partial charge on any atom is -0.352 e. The van der Waals surface area contributed by atoms with E-state index in [4.69, 9.17) is 0 Å². The minimum absolute atomic E-state index is 0.0655. The first-order valence-corrected chi connectivity index (χ1v) is 11.0. The number of hydrogen-bond acceptors (Lipinski definition) is 1. The summed E-state index contributed by atoms with van der Waals surface area (Å²) in [5.41, 5.74) is 1.69. The summed E-state index contributed by atoms with van der Waals surface area (Å²) >= 11 is 0. The molecule has 4 heteroatoms. The van der Waals surface area contributed by atoms with Crippen molar-refractivity contribution in [2.45, 2.75) is 26.1 Å². The van der Waals surface area contributed by atoms with Crippen LogP contribution in [0.15, 0.2) is 48.5 Å². The number of halogens is 1. The van der Waals surface area contributed by atoms with E-state index in [9.17, 15) is 9.18 Å². The van der Waals surface area contributed by atoms with E-state index in [1.54, 1.807) is 12.1 Å². The van der Waals surface area contributed by atoms with Gasteiger partial charge < -0.3 is 5.32 Å². The maximum atomic E-state index is 12.8. The molecule has 0 heterocycles. The first-order valence-electron chi connectivity index (χ1n) is 7.49. The van der Waals surface area contributed by atoms with Crippen LogP contribution in [-0.4, -0.2) is 20.5 Å². The molecule has 0 aromatic heterocycles. The van der Waals surface area contributed by atoms with Gasteiger partial charge in [0.2, 0.25) is 0 Å². The molecule has 1 amide bonds. The van der Waals surface area contributed by atoms with Crippen LogP contribution in [0.1, 0.15) is 15.9 Å². The number of carbonyl (C=O) groups excluding carboxylic acids is 1. The molecule has 0 bridgehead atoms. The summed E-state index contributed by atoms with van der Waals surface area (Å²) in [6.07, 6.45) is 0.693. The highest BCUT2D eigenvalue weighted by molar-refractivity contribution is 6.88. The fourth-order valence-corrected chi connectivity index (χ4v) is 3.36. The number of benzene rings is 2. The molecule has 0 atom stereocenters. The van der Waals surface area contributed by atoms with E-state index in [0.29, 0.717) is 18.5 Å². The summed E-state index contributed by atoms with van der Waals surface area (Å²) < 4.78 is 12.8. The van der Waals surface area contributed by atoms with Crippen LogP contribution >= 0.6 is 0 Å². The molecule has 0 unspecified atom stereocenters. The third kappa shape index (κ3) is 4.53. The third-order valence-electron chi connectivity index (χ3n) is 3.63. The topological polar surface area (TPSA) is 29.1 Å². The maximum absolute atomic E-state index is 12.8. The average Bonchev–Trinajstić information content (AvgIpc) is 2.48. The Kier molecular flexibility index (Phi) is 5.14. The van der Waals surface area contributed by atoms with Gasteiger partial charge >= 0.3 is 0 Å². The van der Waals surface area contributed by atoms with Crippen LogP contribution < -0.4 is 10.5 Å². The molecule has 0 aliphatic rings. The molecule has 0 aliphatic heterocycles. The number of carbonyl (C=O) groups is 1. The second kappa shape index (κ2) is 6.88. The molecule has 22 heavy (non-hydrogen) atoms. The zero-order valence-electron chi connectivity index (χ0n) is 13.3. The van der Waals surface area contributed by atoms with Crippen molar-refractivity contribution in [1.82, 2.24) is 5.32 Å². The van der Waals surface area contributed by atoms with E-state index in [0.717, 1.165) is 5.56 Å². The second-order valence-corrected chi connectivity index (χ2v) is 11.5. The van der Waals surface area contributed by atoms with Gasteiger partial charge in [0.25, 0.3) is 5.91 Å². The predicted octanol–water partition coefficient (Wildman–Crippen LogP) is 3.34. The summed E-state index contributed by atoms with van der Waals surface area (Å²) in [4.78, 5) is 12.1. The molecule has 2 aromatic rings. The van der Waals surface area contributed by atoms with E-state index in [1.165, 1.54) is 17.3 Å². The minimum atomic E-state index is -1.33. The molecule has 0 aliphatic carbocycles. The molecule has 2 nitrogen and oxygen atoms in total. The maximum Gasteiger partial charge on any atom is 0.251 e. The molecule has 116 valence electrons. The Bertz CT molecular complexity index is 630. The van der Waals surface area contributed by atoms with E-state index < -0.39 is 8.07 Å². The van der Waals surface area contributed by atoms with Gasteiger partial charge in [-0.2, -0.15) is 0 Å². The average molecular weight is 315 g/mol. The molecular formula is C18H22FNOSi. The third-order valence-corrected chi connectivity index (χ3v) is 5.69. The first kappa shape index (κ1) is 16.4. The summed E-state index contributed by atoms with van der Waals surface area (Å²) in [6, 6.07) is 14.2. The Morgan fingerprint density at radius 2 is 1.59 bits per heavy atom.